The van der Waals surface area contributed by atoms with Gasteiger partial charge in [-0.3, -0.25) is 0 Å². The van der Waals surface area contributed by atoms with Crippen molar-refractivity contribution in [3.8, 4) is 22.6 Å². The van der Waals surface area contributed by atoms with Crippen molar-refractivity contribution in [3.63, 3.8) is 0 Å². The van der Waals surface area contributed by atoms with E-state index in [1.807, 2.05) is 53.5 Å². The van der Waals surface area contributed by atoms with Crippen LogP contribution in [0.5, 0.6) is 5.75 Å². The SMILES string of the molecule is COc1ccc(CN)c(-n2cc(-c3ccccc3)cn2)c1. The van der Waals surface area contributed by atoms with Crippen LogP contribution in [0.4, 0.5) is 0 Å². The molecular formula is C17H17N3O. The summed E-state index contributed by atoms with van der Waals surface area (Å²) in [4.78, 5) is 0. The molecule has 0 spiro atoms. The molecule has 0 radical (unpaired) electrons. The number of ether oxygens (including phenoxy) is 1. The Morgan fingerprint density at radius 1 is 1.10 bits per heavy atom. The fourth-order valence-corrected chi connectivity index (χ4v) is 2.29. The summed E-state index contributed by atoms with van der Waals surface area (Å²) >= 11 is 0. The lowest BCUT2D eigenvalue weighted by atomic mass is 10.1. The minimum atomic E-state index is 0.458. The predicted molar refractivity (Wildman–Crippen MR) is 83.4 cm³/mol. The largest absolute Gasteiger partial charge is 0.497 e. The molecule has 4 heteroatoms. The van der Waals surface area contributed by atoms with Crippen LogP contribution in [-0.4, -0.2) is 16.9 Å². The van der Waals surface area contributed by atoms with E-state index in [2.05, 4.69) is 17.2 Å². The number of rotatable bonds is 4. The van der Waals surface area contributed by atoms with Crippen molar-refractivity contribution in [3.05, 3.63) is 66.5 Å². The van der Waals surface area contributed by atoms with Crippen LogP contribution in [0.25, 0.3) is 16.8 Å². The van der Waals surface area contributed by atoms with Crippen molar-refractivity contribution in [2.24, 2.45) is 5.73 Å². The molecule has 0 aliphatic rings. The molecule has 3 aromatic rings. The third-order valence-corrected chi connectivity index (χ3v) is 3.45. The van der Waals surface area contributed by atoms with E-state index in [9.17, 15) is 0 Å². The molecule has 0 saturated carbocycles. The van der Waals surface area contributed by atoms with Crippen LogP contribution in [0.15, 0.2) is 60.9 Å². The molecule has 2 N–H and O–H groups in total. The number of benzene rings is 2. The molecule has 106 valence electrons. The highest BCUT2D eigenvalue weighted by molar-refractivity contribution is 5.62. The van der Waals surface area contributed by atoms with E-state index in [4.69, 9.17) is 10.5 Å². The molecule has 0 fully saturated rings. The maximum atomic E-state index is 5.82. The monoisotopic (exact) mass is 279 g/mol. The molecule has 0 atom stereocenters. The first-order valence-corrected chi connectivity index (χ1v) is 6.79. The predicted octanol–water partition coefficient (Wildman–Crippen LogP) is 3.01. The second-order valence-corrected chi connectivity index (χ2v) is 4.74. The number of hydrogen-bond acceptors (Lipinski definition) is 3. The van der Waals surface area contributed by atoms with Gasteiger partial charge in [0.1, 0.15) is 5.75 Å². The zero-order valence-corrected chi connectivity index (χ0v) is 11.9. The molecule has 0 aliphatic heterocycles. The van der Waals surface area contributed by atoms with Gasteiger partial charge in [0.2, 0.25) is 0 Å². The van der Waals surface area contributed by atoms with Gasteiger partial charge in [-0.05, 0) is 17.2 Å². The van der Waals surface area contributed by atoms with E-state index in [0.29, 0.717) is 6.54 Å². The first kappa shape index (κ1) is 13.4. The summed E-state index contributed by atoms with van der Waals surface area (Å²) in [5.74, 6) is 0.791. The van der Waals surface area contributed by atoms with Gasteiger partial charge in [0.05, 0.1) is 19.0 Å². The van der Waals surface area contributed by atoms with Crippen molar-refractivity contribution in [2.45, 2.75) is 6.54 Å². The summed E-state index contributed by atoms with van der Waals surface area (Å²) in [6, 6.07) is 16.0. The molecular weight excluding hydrogens is 262 g/mol. The number of nitrogens with zero attached hydrogens (tertiary/aromatic N) is 2. The topological polar surface area (TPSA) is 53.1 Å². The molecule has 1 aromatic heterocycles. The molecule has 0 amide bonds. The van der Waals surface area contributed by atoms with Gasteiger partial charge in [-0.1, -0.05) is 36.4 Å². The van der Waals surface area contributed by atoms with Gasteiger partial charge in [-0.15, -0.1) is 0 Å². The van der Waals surface area contributed by atoms with Crippen molar-refractivity contribution in [2.75, 3.05) is 7.11 Å². The molecule has 0 aliphatic carbocycles. The summed E-state index contributed by atoms with van der Waals surface area (Å²) < 4.78 is 7.13. The molecule has 3 rings (SSSR count). The average molecular weight is 279 g/mol. The lowest BCUT2D eigenvalue weighted by Crippen LogP contribution is -2.05. The third kappa shape index (κ3) is 2.66. The van der Waals surface area contributed by atoms with Crippen molar-refractivity contribution in [1.29, 1.82) is 0 Å². The number of methoxy groups -OCH3 is 1. The average Bonchev–Trinajstić information content (AvgIpc) is 3.05. The van der Waals surface area contributed by atoms with Gasteiger partial charge in [0.15, 0.2) is 0 Å². The Labute approximate surface area is 123 Å². The van der Waals surface area contributed by atoms with E-state index in [0.717, 1.165) is 28.1 Å². The molecule has 4 nitrogen and oxygen atoms in total. The van der Waals surface area contributed by atoms with Crippen molar-refractivity contribution >= 4 is 0 Å². The standard InChI is InChI=1S/C17H17N3O/c1-21-16-8-7-14(10-18)17(9-16)20-12-15(11-19-20)13-5-3-2-4-6-13/h2-9,11-12H,10,18H2,1H3. The number of nitrogens with two attached hydrogens (primary N) is 1. The van der Waals surface area contributed by atoms with Crippen LogP contribution in [0, 0.1) is 0 Å². The molecule has 0 saturated heterocycles. The maximum Gasteiger partial charge on any atom is 0.121 e. The van der Waals surface area contributed by atoms with Gasteiger partial charge in [0.25, 0.3) is 0 Å². The van der Waals surface area contributed by atoms with Crippen LogP contribution >= 0.6 is 0 Å². The van der Waals surface area contributed by atoms with Crippen LogP contribution < -0.4 is 10.5 Å². The van der Waals surface area contributed by atoms with Gasteiger partial charge >= 0.3 is 0 Å². The minimum Gasteiger partial charge on any atom is -0.497 e. The molecule has 1 heterocycles. The molecule has 0 bridgehead atoms. The van der Waals surface area contributed by atoms with E-state index in [-0.39, 0.29) is 0 Å². The van der Waals surface area contributed by atoms with E-state index < -0.39 is 0 Å². The second-order valence-electron chi connectivity index (χ2n) is 4.74. The highest BCUT2D eigenvalue weighted by Crippen LogP contribution is 2.24. The minimum absolute atomic E-state index is 0.458. The number of hydrogen-bond donors (Lipinski definition) is 1. The molecule has 21 heavy (non-hydrogen) atoms. The van der Waals surface area contributed by atoms with Crippen LogP contribution in [0.2, 0.25) is 0 Å². The first-order valence-electron chi connectivity index (χ1n) is 6.79. The van der Waals surface area contributed by atoms with Crippen LogP contribution in [-0.2, 0) is 6.54 Å². The molecule has 2 aromatic carbocycles. The van der Waals surface area contributed by atoms with E-state index in [1.54, 1.807) is 7.11 Å². The summed E-state index contributed by atoms with van der Waals surface area (Å²) in [6.07, 6.45) is 3.86. The van der Waals surface area contributed by atoms with E-state index in [1.165, 1.54) is 0 Å². The zero-order valence-electron chi connectivity index (χ0n) is 11.9. The van der Waals surface area contributed by atoms with Crippen LogP contribution in [0.3, 0.4) is 0 Å². The summed E-state index contributed by atoms with van der Waals surface area (Å²) in [6.45, 7) is 0.458. The Morgan fingerprint density at radius 2 is 1.90 bits per heavy atom. The Morgan fingerprint density at radius 3 is 2.62 bits per heavy atom. The highest BCUT2D eigenvalue weighted by atomic mass is 16.5. The van der Waals surface area contributed by atoms with E-state index >= 15 is 0 Å². The Kier molecular flexibility index (Phi) is 3.71. The van der Waals surface area contributed by atoms with Crippen molar-refractivity contribution in [1.82, 2.24) is 9.78 Å². The van der Waals surface area contributed by atoms with Gasteiger partial charge in [0, 0.05) is 24.4 Å². The fourth-order valence-electron chi connectivity index (χ4n) is 2.29. The highest BCUT2D eigenvalue weighted by Gasteiger charge is 2.08. The zero-order chi connectivity index (χ0) is 14.7. The maximum absolute atomic E-state index is 5.82. The second kappa shape index (κ2) is 5.81. The Hall–Kier alpha value is -2.59. The smallest absolute Gasteiger partial charge is 0.121 e. The van der Waals surface area contributed by atoms with Gasteiger partial charge in [-0.25, -0.2) is 4.68 Å². The third-order valence-electron chi connectivity index (χ3n) is 3.45. The van der Waals surface area contributed by atoms with Gasteiger partial charge < -0.3 is 10.5 Å². The lowest BCUT2D eigenvalue weighted by Gasteiger charge is -2.10. The normalized spacial score (nSPS) is 10.6. The molecule has 0 unspecified atom stereocenters. The summed E-state index contributed by atoms with van der Waals surface area (Å²) in [5, 5.41) is 4.45. The van der Waals surface area contributed by atoms with Gasteiger partial charge in [-0.2, -0.15) is 5.10 Å². The lowest BCUT2D eigenvalue weighted by molar-refractivity contribution is 0.414. The summed E-state index contributed by atoms with van der Waals surface area (Å²) in [7, 11) is 1.65. The summed E-state index contributed by atoms with van der Waals surface area (Å²) in [5.41, 5.74) is 10.00. The quantitative estimate of drug-likeness (QED) is 0.798. The fraction of sp³-hybridized carbons (Fsp3) is 0.118. The number of aromatic nitrogens is 2. The first-order chi connectivity index (χ1) is 10.3. The Bertz CT molecular complexity index is 735. The van der Waals surface area contributed by atoms with Crippen LogP contribution in [0.1, 0.15) is 5.56 Å². The Balaban J connectivity index is 2.04. The van der Waals surface area contributed by atoms with Crippen molar-refractivity contribution < 1.29 is 4.74 Å².